The second-order valence-electron chi connectivity index (χ2n) is 5.83. The Kier molecular flexibility index (Phi) is 5.35. The zero-order valence-electron chi connectivity index (χ0n) is 14.6. The first-order chi connectivity index (χ1) is 12.1. The minimum absolute atomic E-state index is 0.597. The first kappa shape index (κ1) is 17.0. The Morgan fingerprint density at radius 1 is 0.920 bits per heavy atom. The number of para-hydroxylation sites is 1. The lowest BCUT2D eigenvalue weighted by atomic mass is 10.1. The second kappa shape index (κ2) is 7.85. The molecule has 3 rings (SSSR count). The lowest BCUT2D eigenvalue weighted by molar-refractivity contribution is 0.577. The molecule has 0 N–H and O–H groups in total. The largest absolute Gasteiger partial charge is 0.541 e. The van der Waals surface area contributed by atoms with Gasteiger partial charge in [-0.2, -0.15) is 0 Å². The zero-order chi connectivity index (χ0) is 17.6. The summed E-state index contributed by atoms with van der Waals surface area (Å²) >= 11 is 0. The third-order valence-electron chi connectivity index (χ3n) is 3.55. The first-order valence-electron chi connectivity index (χ1n) is 8.14. The molecule has 0 bridgehead atoms. The van der Waals surface area contributed by atoms with E-state index in [1.165, 1.54) is 0 Å². The molecule has 2 aromatic carbocycles. The lowest BCUT2D eigenvalue weighted by Gasteiger charge is -2.15. The highest BCUT2D eigenvalue weighted by atomic mass is 28.3. The highest BCUT2D eigenvalue weighted by Gasteiger charge is 2.14. The summed E-state index contributed by atoms with van der Waals surface area (Å²) in [6.07, 6.45) is 3.46. The first-order valence-corrected chi connectivity index (χ1v) is 10.5. The minimum Gasteiger partial charge on any atom is -0.541 e. The van der Waals surface area contributed by atoms with Crippen molar-refractivity contribution in [3.05, 3.63) is 83.9 Å². The van der Waals surface area contributed by atoms with Crippen LogP contribution in [0.4, 0.5) is 5.69 Å². The van der Waals surface area contributed by atoms with E-state index in [0.29, 0.717) is 5.82 Å². The van der Waals surface area contributed by atoms with Crippen molar-refractivity contribution in [2.45, 2.75) is 20.0 Å². The summed E-state index contributed by atoms with van der Waals surface area (Å²) in [5.74, 6) is 1.44. The number of hydrogen-bond acceptors (Lipinski definition) is 4. The van der Waals surface area contributed by atoms with Gasteiger partial charge >= 0.3 is 0 Å². The van der Waals surface area contributed by atoms with Crippen LogP contribution >= 0.6 is 0 Å². The SMILES string of the molecule is Cc1cccc(N=C(c2ccccc2)c2ncccn2)c1O[Si](C)C. The average molecular weight is 346 g/mol. The fourth-order valence-electron chi connectivity index (χ4n) is 2.44. The van der Waals surface area contributed by atoms with Crippen molar-refractivity contribution in [2.75, 3.05) is 0 Å². The van der Waals surface area contributed by atoms with Gasteiger partial charge in [-0.15, -0.1) is 0 Å². The van der Waals surface area contributed by atoms with E-state index in [1.807, 2.05) is 55.5 Å². The molecule has 125 valence electrons. The number of nitrogens with zero attached hydrogens (tertiary/aromatic N) is 3. The van der Waals surface area contributed by atoms with Crippen LogP contribution in [0.2, 0.25) is 13.1 Å². The summed E-state index contributed by atoms with van der Waals surface area (Å²) in [6, 6.07) is 17.8. The summed E-state index contributed by atoms with van der Waals surface area (Å²) in [6.45, 7) is 6.27. The maximum absolute atomic E-state index is 6.10. The van der Waals surface area contributed by atoms with E-state index in [4.69, 9.17) is 9.42 Å². The Hall–Kier alpha value is -2.79. The van der Waals surface area contributed by atoms with Crippen LogP contribution in [0.25, 0.3) is 0 Å². The molecular formula is C20H20N3OSi. The van der Waals surface area contributed by atoms with E-state index in [0.717, 1.165) is 28.3 Å². The van der Waals surface area contributed by atoms with Crippen molar-refractivity contribution in [1.82, 2.24) is 9.97 Å². The molecule has 5 heteroatoms. The van der Waals surface area contributed by atoms with Gasteiger partial charge in [0.05, 0.1) is 0 Å². The number of rotatable bonds is 5. The average Bonchev–Trinajstić information content (AvgIpc) is 2.63. The normalized spacial score (nSPS) is 11.6. The fraction of sp³-hybridized carbons (Fsp3) is 0.150. The molecule has 0 saturated carbocycles. The third-order valence-corrected chi connectivity index (χ3v) is 4.17. The Balaban J connectivity index is 2.16. The summed E-state index contributed by atoms with van der Waals surface area (Å²) in [7, 11) is -0.895. The van der Waals surface area contributed by atoms with Crippen LogP contribution in [0, 0.1) is 6.92 Å². The molecule has 0 aliphatic rings. The minimum atomic E-state index is -0.895. The Morgan fingerprint density at radius 2 is 1.64 bits per heavy atom. The molecule has 0 aliphatic heterocycles. The van der Waals surface area contributed by atoms with Crippen LogP contribution in [-0.2, 0) is 0 Å². The zero-order valence-corrected chi connectivity index (χ0v) is 15.6. The van der Waals surface area contributed by atoms with Crippen molar-refractivity contribution in [3.63, 3.8) is 0 Å². The van der Waals surface area contributed by atoms with Gasteiger partial charge < -0.3 is 4.43 Å². The Bertz CT molecular complexity index is 823. The molecule has 1 radical (unpaired) electrons. The molecule has 3 aromatic rings. The third kappa shape index (κ3) is 4.19. The maximum Gasteiger partial charge on any atom is 0.274 e. The number of aromatic nitrogens is 2. The standard InChI is InChI=1S/C20H20N3OSi/c1-15-9-7-12-17(19(15)24-25(2)3)23-18(16-10-5-4-6-11-16)20-21-13-8-14-22-20/h4-14H,1-3H3. The van der Waals surface area contributed by atoms with Gasteiger partial charge in [-0.05, 0) is 37.7 Å². The van der Waals surface area contributed by atoms with Gasteiger partial charge in [-0.1, -0.05) is 42.5 Å². The number of hydrogen-bond donors (Lipinski definition) is 0. The number of aliphatic imine (C=N–C) groups is 1. The molecule has 1 aromatic heterocycles. The van der Waals surface area contributed by atoms with Crippen LogP contribution in [0.5, 0.6) is 5.75 Å². The van der Waals surface area contributed by atoms with Gasteiger partial charge in [0.25, 0.3) is 9.04 Å². The highest BCUT2D eigenvalue weighted by molar-refractivity contribution is 6.49. The second-order valence-corrected chi connectivity index (χ2v) is 7.85. The molecule has 0 saturated heterocycles. The molecule has 0 fully saturated rings. The lowest BCUT2D eigenvalue weighted by Crippen LogP contribution is -2.13. The van der Waals surface area contributed by atoms with E-state index in [9.17, 15) is 0 Å². The van der Waals surface area contributed by atoms with Gasteiger partial charge in [0, 0.05) is 18.0 Å². The van der Waals surface area contributed by atoms with E-state index in [-0.39, 0.29) is 0 Å². The summed E-state index contributed by atoms with van der Waals surface area (Å²) in [4.78, 5) is 13.7. The summed E-state index contributed by atoms with van der Waals surface area (Å²) in [5.41, 5.74) is 3.59. The van der Waals surface area contributed by atoms with E-state index >= 15 is 0 Å². The predicted molar refractivity (Wildman–Crippen MR) is 103 cm³/mol. The molecule has 0 atom stereocenters. The predicted octanol–water partition coefficient (Wildman–Crippen LogP) is 4.58. The molecule has 1 heterocycles. The van der Waals surface area contributed by atoms with Crippen molar-refractivity contribution < 1.29 is 4.43 Å². The Morgan fingerprint density at radius 3 is 2.32 bits per heavy atom. The molecule has 0 aliphatic carbocycles. The van der Waals surface area contributed by atoms with Crippen LogP contribution in [-0.4, -0.2) is 24.7 Å². The molecule has 0 amide bonds. The molecule has 4 nitrogen and oxygen atoms in total. The van der Waals surface area contributed by atoms with Crippen molar-refractivity contribution in [3.8, 4) is 5.75 Å². The van der Waals surface area contributed by atoms with Gasteiger partial charge in [0.15, 0.2) is 5.82 Å². The van der Waals surface area contributed by atoms with Crippen LogP contribution in [0.15, 0.2) is 72.0 Å². The molecule has 0 unspecified atom stereocenters. The summed E-state index contributed by atoms with van der Waals surface area (Å²) < 4.78 is 6.10. The molecule has 0 spiro atoms. The number of benzene rings is 2. The van der Waals surface area contributed by atoms with E-state index in [1.54, 1.807) is 18.5 Å². The van der Waals surface area contributed by atoms with Crippen LogP contribution < -0.4 is 4.43 Å². The van der Waals surface area contributed by atoms with Crippen molar-refractivity contribution in [1.29, 1.82) is 0 Å². The highest BCUT2D eigenvalue weighted by Crippen LogP contribution is 2.32. The topological polar surface area (TPSA) is 47.4 Å². The van der Waals surface area contributed by atoms with Crippen LogP contribution in [0.3, 0.4) is 0 Å². The van der Waals surface area contributed by atoms with E-state index in [2.05, 4.69) is 23.1 Å². The molecule has 25 heavy (non-hydrogen) atoms. The van der Waals surface area contributed by atoms with E-state index < -0.39 is 9.04 Å². The van der Waals surface area contributed by atoms with Crippen molar-refractivity contribution in [2.24, 2.45) is 4.99 Å². The smallest absolute Gasteiger partial charge is 0.274 e. The van der Waals surface area contributed by atoms with Gasteiger partial charge in [0.2, 0.25) is 0 Å². The fourth-order valence-corrected chi connectivity index (χ4v) is 3.12. The molecular weight excluding hydrogens is 326 g/mol. The van der Waals surface area contributed by atoms with Gasteiger partial charge in [0.1, 0.15) is 17.1 Å². The van der Waals surface area contributed by atoms with Gasteiger partial charge in [-0.3, -0.25) is 0 Å². The quantitative estimate of drug-likeness (QED) is 0.502. The van der Waals surface area contributed by atoms with Gasteiger partial charge in [-0.25, -0.2) is 15.0 Å². The van der Waals surface area contributed by atoms with Crippen molar-refractivity contribution >= 4 is 20.4 Å². The Labute approximate surface area is 150 Å². The monoisotopic (exact) mass is 346 g/mol. The summed E-state index contributed by atoms with van der Waals surface area (Å²) in [5, 5.41) is 0. The maximum atomic E-state index is 6.10. The van der Waals surface area contributed by atoms with Crippen LogP contribution in [0.1, 0.15) is 17.0 Å². The number of aryl methyl sites for hydroxylation is 1.